The topological polar surface area (TPSA) is 129 Å². The largest absolute Gasteiger partial charge is 0.361 e. The second kappa shape index (κ2) is 10.8. The molecule has 0 unspecified atom stereocenters. The molecule has 0 radical (unpaired) electrons. The van der Waals surface area contributed by atoms with Gasteiger partial charge in [-0.05, 0) is 62.1 Å². The molecule has 1 aromatic heterocycles. The van der Waals surface area contributed by atoms with E-state index in [0.717, 1.165) is 22.0 Å². The second-order valence-electron chi connectivity index (χ2n) is 12.3. The third kappa shape index (κ3) is 5.29. The van der Waals surface area contributed by atoms with Crippen molar-refractivity contribution < 1.29 is 18.0 Å². The van der Waals surface area contributed by atoms with Crippen molar-refractivity contribution >= 4 is 38.4 Å². The van der Waals surface area contributed by atoms with Gasteiger partial charge in [0.1, 0.15) is 6.04 Å². The highest BCUT2D eigenvalue weighted by Crippen LogP contribution is 2.48. The molecule has 4 N–H and O–H groups in total. The van der Waals surface area contributed by atoms with Gasteiger partial charge in [-0.1, -0.05) is 54.6 Å². The van der Waals surface area contributed by atoms with E-state index < -0.39 is 32.9 Å². The Morgan fingerprint density at radius 3 is 2.35 bits per heavy atom. The van der Waals surface area contributed by atoms with Crippen LogP contribution in [0.5, 0.6) is 0 Å². The van der Waals surface area contributed by atoms with Crippen molar-refractivity contribution in [3.05, 3.63) is 96.2 Å². The average Bonchev–Trinajstić information content (AvgIpc) is 3.56. The molecule has 0 aliphatic carbocycles. The van der Waals surface area contributed by atoms with Gasteiger partial charge in [-0.25, -0.2) is 8.42 Å². The Bertz CT molecular complexity index is 1770. The summed E-state index contributed by atoms with van der Waals surface area (Å²) < 4.78 is 29.0. The van der Waals surface area contributed by atoms with E-state index in [-0.39, 0.29) is 10.8 Å². The molecule has 2 aliphatic heterocycles. The fraction of sp³-hybridized carbons (Fsp3) is 0.333. The number of hydrogen-bond acceptors (Lipinski definition) is 5. The molecule has 3 aromatic carbocycles. The van der Waals surface area contributed by atoms with E-state index >= 15 is 0 Å². The average molecular weight is 600 g/mol. The van der Waals surface area contributed by atoms with Crippen molar-refractivity contribution in [2.24, 2.45) is 5.73 Å². The molecule has 2 amide bonds. The number of H-pyrrole nitrogens is 1. The van der Waals surface area contributed by atoms with Crippen LogP contribution < -0.4 is 15.4 Å². The van der Waals surface area contributed by atoms with Crippen LogP contribution in [-0.2, 0) is 31.4 Å². The minimum absolute atomic E-state index is 0.169. The monoisotopic (exact) mass is 599 g/mol. The molecule has 9 nitrogen and oxygen atoms in total. The van der Waals surface area contributed by atoms with Gasteiger partial charge in [0.25, 0.3) is 10.0 Å². The summed E-state index contributed by atoms with van der Waals surface area (Å²) in [5.41, 5.74) is 8.11. The van der Waals surface area contributed by atoms with Crippen LogP contribution in [0.4, 0.5) is 5.69 Å². The summed E-state index contributed by atoms with van der Waals surface area (Å²) in [6.07, 6.45) is 3.41. The molecule has 1 saturated heterocycles. The molecule has 3 heterocycles. The van der Waals surface area contributed by atoms with Gasteiger partial charge in [-0.3, -0.25) is 13.9 Å². The summed E-state index contributed by atoms with van der Waals surface area (Å²) in [5, 5.41) is 3.92. The number of carbonyl (C=O) groups excluding carboxylic acids is 2. The van der Waals surface area contributed by atoms with Crippen LogP contribution in [-0.4, -0.2) is 61.3 Å². The van der Waals surface area contributed by atoms with Crippen LogP contribution in [0.1, 0.15) is 37.8 Å². The SMILES string of the molecule is CC(C)(N)C(=O)N[C@H](Cc1c[nH]c2ccccc12)C(=O)N1CCC2(CC1)CN(S(=O)(=O)c1ccccc1)c1ccccc12. The lowest BCUT2D eigenvalue weighted by molar-refractivity contribution is -0.138. The summed E-state index contributed by atoms with van der Waals surface area (Å²) in [7, 11) is -3.75. The molecule has 1 fully saturated rings. The number of fused-ring (bicyclic) bond motifs is 3. The third-order valence-corrected chi connectivity index (χ3v) is 10.6. The summed E-state index contributed by atoms with van der Waals surface area (Å²) in [4.78, 5) is 32.3. The molecule has 0 bridgehead atoms. The highest BCUT2D eigenvalue weighted by molar-refractivity contribution is 7.92. The number of aromatic amines is 1. The molecule has 4 aromatic rings. The Morgan fingerprint density at radius 1 is 0.977 bits per heavy atom. The van der Waals surface area contributed by atoms with Crippen LogP contribution in [0.3, 0.4) is 0 Å². The molecular weight excluding hydrogens is 562 g/mol. The summed E-state index contributed by atoms with van der Waals surface area (Å²) in [6.45, 7) is 4.44. The van der Waals surface area contributed by atoms with E-state index in [0.29, 0.717) is 44.6 Å². The smallest absolute Gasteiger partial charge is 0.264 e. The zero-order valence-corrected chi connectivity index (χ0v) is 25.2. The normalized spacial score (nSPS) is 17.2. The Hall–Kier alpha value is -4.15. The van der Waals surface area contributed by atoms with E-state index in [4.69, 9.17) is 5.73 Å². The van der Waals surface area contributed by atoms with E-state index in [9.17, 15) is 18.0 Å². The predicted molar refractivity (Wildman–Crippen MR) is 167 cm³/mol. The molecule has 6 rings (SSSR count). The Labute approximate surface area is 252 Å². The number of anilines is 1. The minimum Gasteiger partial charge on any atom is -0.361 e. The first kappa shape index (κ1) is 28.9. The summed E-state index contributed by atoms with van der Waals surface area (Å²) in [6, 6.07) is 23.2. The number of carbonyl (C=O) groups is 2. The fourth-order valence-electron chi connectivity index (χ4n) is 6.39. The van der Waals surface area contributed by atoms with Crippen molar-refractivity contribution in [3.8, 4) is 0 Å². The van der Waals surface area contributed by atoms with Crippen molar-refractivity contribution in [3.63, 3.8) is 0 Å². The van der Waals surface area contributed by atoms with Crippen LogP contribution in [0, 0.1) is 0 Å². The second-order valence-corrected chi connectivity index (χ2v) is 14.1. The van der Waals surface area contributed by atoms with Gasteiger partial charge in [0, 0.05) is 48.6 Å². The zero-order chi connectivity index (χ0) is 30.4. The number of nitrogens with one attached hydrogen (secondary N) is 2. The maximum Gasteiger partial charge on any atom is 0.264 e. The van der Waals surface area contributed by atoms with Gasteiger partial charge in [-0.2, -0.15) is 0 Å². The van der Waals surface area contributed by atoms with Crippen molar-refractivity contribution in [2.45, 2.75) is 55.0 Å². The lowest BCUT2D eigenvalue weighted by Gasteiger charge is -2.41. The fourth-order valence-corrected chi connectivity index (χ4v) is 7.98. The zero-order valence-electron chi connectivity index (χ0n) is 24.4. The molecule has 224 valence electrons. The number of piperidine rings is 1. The van der Waals surface area contributed by atoms with E-state index in [1.807, 2.05) is 54.7 Å². The van der Waals surface area contributed by atoms with Crippen molar-refractivity contribution in [2.75, 3.05) is 23.9 Å². The lowest BCUT2D eigenvalue weighted by atomic mass is 9.74. The highest BCUT2D eigenvalue weighted by atomic mass is 32.2. The van der Waals surface area contributed by atoms with E-state index in [1.54, 1.807) is 49.1 Å². The minimum atomic E-state index is -3.75. The number of para-hydroxylation sites is 2. The maximum absolute atomic E-state index is 14.0. The molecule has 10 heteroatoms. The third-order valence-electron chi connectivity index (χ3n) is 8.84. The maximum atomic E-state index is 14.0. The number of likely N-dealkylation sites (tertiary alicyclic amines) is 1. The van der Waals surface area contributed by atoms with Crippen LogP contribution in [0.15, 0.2) is 90.0 Å². The van der Waals surface area contributed by atoms with Crippen molar-refractivity contribution in [1.29, 1.82) is 0 Å². The number of sulfonamides is 1. The Morgan fingerprint density at radius 2 is 1.63 bits per heavy atom. The van der Waals surface area contributed by atoms with Crippen LogP contribution >= 0.6 is 0 Å². The molecule has 1 atom stereocenters. The Balaban J connectivity index is 1.24. The quantitative estimate of drug-likeness (QED) is 0.299. The summed E-state index contributed by atoms with van der Waals surface area (Å²) in [5.74, 6) is -0.566. The number of amides is 2. The number of nitrogens with two attached hydrogens (primary N) is 1. The standard InChI is InChI=1S/C33H37N5O4S/c1-32(2,34)31(40)36-28(20-23-21-35-27-14-8-6-12-25(23)27)30(39)37-18-16-33(17-19-37)22-38(29-15-9-7-13-26(29)33)43(41,42)24-10-4-3-5-11-24/h3-15,21,28,35H,16-20,22,34H2,1-2H3,(H,36,40)/t28-/m1/s1. The van der Waals surface area contributed by atoms with Crippen molar-refractivity contribution in [1.82, 2.24) is 15.2 Å². The number of hydrogen-bond donors (Lipinski definition) is 3. The van der Waals surface area contributed by atoms with Gasteiger partial charge < -0.3 is 20.9 Å². The van der Waals surface area contributed by atoms with E-state index in [2.05, 4.69) is 10.3 Å². The predicted octanol–water partition coefficient (Wildman–Crippen LogP) is 3.70. The van der Waals surface area contributed by atoms with Gasteiger partial charge in [-0.15, -0.1) is 0 Å². The molecular formula is C33H37N5O4S. The highest BCUT2D eigenvalue weighted by Gasteiger charge is 2.49. The van der Waals surface area contributed by atoms with E-state index in [1.165, 1.54) is 4.31 Å². The van der Waals surface area contributed by atoms with Gasteiger partial charge >= 0.3 is 0 Å². The molecule has 0 saturated carbocycles. The van der Waals surface area contributed by atoms with Crippen LogP contribution in [0.2, 0.25) is 0 Å². The van der Waals surface area contributed by atoms with Gasteiger partial charge in [0.05, 0.1) is 16.1 Å². The number of nitrogens with zero attached hydrogens (tertiary/aromatic N) is 2. The number of benzene rings is 3. The van der Waals surface area contributed by atoms with Gasteiger partial charge in [0.15, 0.2) is 0 Å². The molecule has 2 aliphatic rings. The lowest BCUT2D eigenvalue weighted by Crippen LogP contribution is -2.58. The first-order valence-corrected chi connectivity index (χ1v) is 16.0. The van der Waals surface area contributed by atoms with Gasteiger partial charge in [0.2, 0.25) is 11.8 Å². The van der Waals surface area contributed by atoms with Crippen LogP contribution in [0.25, 0.3) is 10.9 Å². The number of aromatic nitrogens is 1. The molecule has 43 heavy (non-hydrogen) atoms. The molecule has 1 spiro atoms. The first-order chi connectivity index (χ1) is 20.5. The first-order valence-electron chi connectivity index (χ1n) is 14.6. The summed E-state index contributed by atoms with van der Waals surface area (Å²) >= 11 is 0. The number of rotatable bonds is 7. The Kier molecular flexibility index (Phi) is 7.30.